The molecule has 0 radical (unpaired) electrons. The molecule has 1 aromatic carbocycles. The number of imidazole rings is 1. The highest BCUT2D eigenvalue weighted by molar-refractivity contribution is 5.59. The molecule has 1 heterocycles. The standard InChI is InChI=1S/C14H16F2N2/c1-14(2,3)11-10(15)6-5-9(12(11)16)13-17-7-8-18(13)4/h5-8H,1-4H3. The van der Waals surface area contributed by atoms with E-state index in [1.165, 1.54) is 12.1 Å². The fourth-order valence-corrected chi connectivity index (χ4v) is 2.04. The topological polar surface area (TPSA) is 17.8 Å². The summed E-state index contributed by atoms with van der Waals surface area (Å²) in [6.45, 7) is 5.37. The smallest absolute Gasteiger partial charge is 0.142 e. The first-order chi connectivity index (χ1) is 8.32. The number of nitrogens with zero attached hydrogens (tertiary/aromatic N) is 2. The largest absolute Gasteiger partial charge is 0.334 e. The predicted molar refractivity (Wildman–Crippen MR) is 67.3 cm³/mol. The molecule has 2 rings (SSSR count). The van der Waals surface area contributed by atoms with E-state index < -0.39 is 17.0 Å². The molecular weight excluding hydrogens is 234 g/mol. The molecule has 4 heteroatoms. The van der Waals surface area contributed by atoms with Crippen molar-refractivity contribution < 1.29 is 8.78 Å². The van der Waals surface area contributed by atoms with Crippen molar-refractivity contribution in [2.24, 2.45) is 7.05 Å². The van der Waals surface area contributed by atoms with Crippen LogP contribution in [0.15, 0.2) is 24.5 Å². The average Bonchev–Trinajstić information content (AvgIpc) is 2.62. The van der Waals surface area contributed by atoms with Crippen LogP contribution in [0.1, 0.15) is 26.3 Å². The number of aromatic nitrogens is 2. The Morgan fingerprint density at radius 1 is 1.17 bits per heavy atom. The van der Waals surface area contributed by atoms with Crippen molar-refractivity contribution in [3.05, 3.63) is 41.7 Å². The van der Waals surface area contributed by atoms with Crippen molar-refractivity contribution >= 4 is 0 Å². The van der Waals surface area contributed by atoms with Gasteiger partial charge in [0, 0.05) is 25.0 Å². The third-order valence-corrected chi connectivity index (χ3v) is 2.90. The van der Waals surface area contributed by atoms with Gasteiger partial charge >= 0.3 is 0 Å². The number of rotatable bonds is 1. The van der Waals surface area contributed by atoms with Crippen molar-refractivity contribution in [1.29, 1.82) is 0 Å². The van der Waals surface area contributed by atoms with Crippen LogP contribution < -0.4 is 0 Å². The Kier molecular flexibility index (Phi) is 2.97. The summed E-state index contributed by atoms with van der Waals surface area (Å²) in [6.07, 6.45) is 3.32. The maximum Gasteiger partial charge on any atom is 0.142 e. The van der Waals surface area contributed by atoms with Gasteiger partial charge in [-0.1, -0.05) is 20.8 Å². The van der Waals surface area contributed by atoms with Gasteiger partial charge < -0.3 is 4.57 Å². The maximum atomic E-state index is 14.5. The summed E-state index contributed by atoms with van der Waals surface area (Å²) < 4.78 is 30.0. The number of benzene rings is 1. The van der Waals surface area contributed by atoms with Crippen LogP contribution in [0.2, 0.25) is 0 Å². The summed E-state index contributed by atoms with van der Waals surface area (Å²) in [5.74, 6) is -0.548. The second-order valence-corrected chi connectivity index (χ2v) is 5.40. The number of hydrogen-bond donors (Lipinski definition) is 0. The van der Waals surface area contributed by atoms with Gasteiger partial charge in [0.25, 0.3) is 0 Å². The molecular formula is C14H16F2N2. The Morgan fingerprint density at radius 3 is 2.33 bits per heavy atom. The molecule has 0 N–H and O–H groups in total. The van der Waals surface area contributed by atoms with Crippen LogP contribution >= 0.6 is 0 Å². The van der Waals surface area contributed by atoms with Gasteiger partial charge in [-0.2, -0.15) is 0 Å². The molecule has 0 unspecified atom stereocenters. The van der Waals surface area contributed by atoms with Crippen LogP contribution in [-0.4, -0.2) is 9.55 Å². The van der Waals surface area contributed by atoms with E-state index in [0.29, 0.717) is 11.4 Å². The third kappa shape index (κ3) is 2.03. The van der Waals surface area contributed by atoms with Gasteiger partial charge in [-0.05, 0) is 17.5 Å². The van der Waals surface area contributed by atoms with E-state index in [4.69, 9.17) is 0 Å². The van der Waals surface area contributed by atoms with Crippen molar-refractivity contribution in [3.8, 4) is 11.4 Å². The van der Waals surface area contributed by atoms with Gasteiger partial charge in [0.15, 0.2) is 0 Å². The predicted octanol–water partition coefficient (Wildman–Crippen LogP) is 3.66. The molecule has 96 valence electrons. The first-order valence-corrected chi connectivity index (χ1v) is 5.78. The average molecular weight is 250 g/mol. The van der Waals surface area contributed by atoms with Gasteiger partial charge in [0.05, 0.1) is 5.56 Å². The minimum absolute atomic E-state index is 0.100. The Labute approximate surface area is 105 Å². The molecule has 1 aromatic heterocycles. The van der Waals surface area contributed by atoms with Gasteiger partial charge in [-0.3, -0.25) is 0 Å². The molecule has 0 saturated carbocycles. The molecule has 0 fully saturated rings. The summed E-state index contributed by atoms with van der Waals surface area (Å²) in [4.78, 5) is 4.10. The summed E-state index contributed by atoms with van der Waals surface area (Å²) in [5.41, 5.74) is -0.160. The highest BCUT2D eigenvalue weighted by atomic mass is 19.1. The van der Waals surface area contributed by atoms with Crippen molar-refractivity contribution in [3.63, 3.8) is 0 Å². The molecule has 0 bridgehead atoms. The molecule has 2 aromatic rings. The van der Waals surface area contributed by atoms with Crippen LogP contribution in [0, 0.1) is 11.6 Å². The highest BCUT2D eigenvalue weighted by Crippen LogP contribution is 2.33. The number of aryl methyl sites for hydroxylation is 1. The molecule has 0 aliphatic carbocycles. The van der Waals surface area contributed by atoms with Crippen LogP contribution in [0.5, 0.6) is 0 Å². The van der Waals surface area contributed by atoms with E-state index in [0.717, 1.165) is 0 Å². The molecule has 0 aliphatic heterocycles. The van der Waals surface area contributed by atoms with Crippen LogP contribution in [-0.2, 0) is 12.5 Å². The number of hydrogen-bond acceptors (Lipinski definition) is 1. The molecule has 0 aliphatic rings. The first kappa shape index (κ1) is 12.7. The van der Waals surface area contributed by atoms with Crippen LogP contribution in [0.3, 0.4) is 0 Å². The molecule has 2 nitrogen and oxygen atoms in total. The third-order valence-electron chi connectivity index (χ3n) is 2.90. The lowest BCUT2D eigenvalue weighted by Gasteiger charge is -2.21. The Morgan fingerprint density at radius 2 is 1.83 bits per heavy atom. The molecule has 0 saturated heterocycles. The van der Waals surface area contributed by atoms with Gasteiger partial charge in [-0.15, -0.1) is 0 Å². The fourth-order valence-electron chi connectivity index (χ4n) is 2.04. The Balaban J connectivity index is 2.70. The lowest BCUT2D eigenvalue weighted by Crippen LogP contribution is -2.17. The summed E-state index contributed by atoms with van der Waals surface area (Å²) in [7, 11) is 1.78. The molecule has 18 heavy (non-hydrogen) atoms. The molecule has 0 amide bonds. The van der Waals surface area contributed by atoms with E-state index >= 15 is 0 Å². The quantitative estimate of drug-likeness (QED) is 0.755. The van der Waals surface area contributed by atoms with Crippen LogP contribution in [0.25, 0.3) is 11.4 Å². The van der Waals surface area contributed by atoms with Crippen molar-refractivity contribution in [2.45, 2.75) is 26.2 Å². The number of halogens is 2. The lowest BCUT2D eigenvalue weighted by atomic mass is 9.85. The summed E-state index contributed by atoms with van der Waals surface area (Å²) in [6, 6.07) is 2.73. The fraction of sp³-hybridized carbons (Fsp3) is 0.357. The second-order valence-electron chi connectivity index (χ2n) is 5.40. The minimum Gasteiger partial charge on any atom is -0.334 e. The zero-order valence-electron chi connectivity index (χ0n) is 11.0. The SMILES string of the molecule is Cn1ccnc1-c1ccc(F)c(C(C)(C)C)c1F. The lowest BCUT2D eigenvalue weighted by molar-refractivity contribution is 0.476. The zero-order chi connectivity index (χ0) is 13.5. The van der Waals surface area contributed by atoms with Gasteiger partial charge in [-0.25, -0.2) is 13.8 Å². The van der Waals surface area contributed by atoms with E-state index in [1.807, 2.05) is 0 Å². The van der Waals surface area contributed by atoms with E-state index in [-0.39, 0.29) is 5.56 Å². The van der Waals surface area contributed by atoms with Crippen molar-refractivity contribution in [2.75, 3.05) is 0 Å². The first-order valence-electron chi connectivity index (χ1n) is 5.78. The van der Waals surface area contributed by atoms with Gasteiger partial charge in [0.2, 0.25) is 0 Å². The molecule has 0 spiro atoms. The monoisotopic (exact) mass is 250 g/mol. The summed E-state index contributed by atoms with van der Waals surface area (Å²) >= 11 is 0. The second kappa shape index (κ2) is 4.19. The maximum absolute atomic E-state index is 14.5. The zero-order valence-corrected chi connectivity index (χ0v) is 11.0. The van der Waals surface area contributed by atoms with Crippen LogP contribution in [0.4, 0.5) is 8.78 Å². The van der Waals surface area contributed by atoms with Gasteiger partial charge in [0.1, 0.15) is 17.5 Å². The Hall–Kier alpha value is -1.71. The summed E-state index contributed by atoms with van der Waals surface area (Å²) in [5, 5.41) is 0. The Bertz CT molecular complexity index is 580. The highest BCUT2D eigenvalue weighted by Gasteiger charge is 2.26. The van der Waals surface area contributed by atoms with Crippen molar-refractivity contribution in [1.82, 2.24) is 9.55 Å². The molecule has 0 atom stereocenters. The normalized spacial score (nSPS) is 11.9. The van der Waals surface area contributed by atoms with E-state index in [2.05, 4.69) is 4.98 Å². The van der Waals surface area contributed by atoms with E-state index in [9.17, 15) is 8.78 Å². The van der Waals surface area contributed by atoms with E-state index in [1.54, 1.807) is 44.8 Å². The minimum atomic E-state index is -0.588.